The Morgan fingerprint density at radius 1 is 0.957 bits per heavy atom. The number of ether oxygens (including phenoxy) is 2. The number of fused-ring (bicyclic) bond motifs is 1. The van der Waals surface area contributed by atoms with Crippen LogP contribution in [0.3, 0.4) is 0 Å². The summed E-state index contributed by atoms with van der Waals surface area (Å²) in [6.45, 7) is 5.54. The molecule has 23 heavy (non-hydrogen) atoms. The fraction of sp³-hybridized carbons (Fsp3) is 0.368. The summed E-state index contributed by atoms with van der Waals surface area (Å²) < 4.78 is 11.2. The van der Waals surface area contributed by atoms with Crippen LogP contribution >= 0.6 is 0 Å². The predicted octanol–water partition coefficient (Wildman–Crippen LogP) is 3.36. The molecule has 2 aromatic rings. The largest absolute Gasteiger partial charge is 0.486 e. The molecule has 2 N–H and O–H groups in total. The van der Waals surface area contributed by atoms with Crippen LogP contribution in [0.5, 0.6) is 11.5 Å². The normalized spacial score (nSPS) is 16.0. The molecule has 3 rings (SSSR count). The van der Waals surface area contributed by atoms with Gasteiger partial charge in [0.25, 0.3) is 0 Å². The van der Waals surface area contributed by atoms with E-state index < -0.39 is 0 Å². The molecule has 0 saturated heterocycles. The molecule has 1 aliphatic heterocycles. The molecule has 0 amide bonds. The lowest BCUT2D eigenvalue weighted by Gasteiger charge is -2.23. The average Bonchev–Trinajstić information content (AvgIpc) is 2.61. The van der Waals surface area contributed by atoms with Gasteiger partial charge in [0.15, 0.2) is 11.5 Å². The van der Waals surface area contributed by atoms with Crippen LogP contribution in [0.25, 0.3) is 0 Å². The highest BCUT2D eigenvalue weighted by molar-refractivity contribution is 5.44. The number of nitrogens with one attached hydrogen (secondary N) is 1. The summed E-state index contributed by atoms with van der Waals surface area (Å²) in [5.41, 5.74) is 3.27. The summed E-state index contributed by atoms with van der Waals surface area (Å²) in [6.07, 6.45) is 0. The number of aliphatic hydroxyl groups is 1. The standard InChI is InChI=1S/C19H23NO3/c1-13(16-5-3-4-15(10-16)12-21)20-14(2)17-6-7-18-19(11-17)23-9-8-22-18/h3-7,10-11,13-14,20-21H,8-9,12H2,1-2H3. The molecule has 0 fully saturated rings. The first-order valence-electron chi connectivity index (χ1n) is 8.02. The maximum atomic E-state index is 9.27. The van der Waals surface area contributed by atoms with Crippen LogP contribution in [-0.4, -0.2) is 18.3 Å². The number of hydrogen-bond donors (Lipinski definition) is 2. The summed E-state index contributed by atoms with van der Waals surface area (Å²) in [7, 11) is 0. The van der Waals surface area contributed by atoms with Gasteiger partial charge in [-0.1, -0.05) is 30.3 Å². The fourth-order valence-electron chi connectivity index (χ4n) is 2.86. The molecule has 2 aromatic carbocycles. The average molecular weight is 313 g/mol. The van der Waals surface area contributed by atoms with Gasteiger partial charge in [-0.15, -0.1) is 0 Å². The van der Waals surface area contributed by atoms with Crippen molar-refractivity contribution in [2.24, 2.45) is 0 Å². The Bertz CT molecular complexity index is 671. The molecule has 0 aromatic heterocycles. The molecule has 4 heteroatoms. The Balaban J connectivity index is 1.71. The van der Waals surface area contributed by atoms with Crippen molar-refractivity contribution in [2.45, 2.75) is 32.5 Å². The third kappa shape index (κ3) is 3.66. The quantitative estimate of drug-likeness (QED) is 0.889. The molecule has 122 valence electrons. The van der Waals surface area contributed by atoms with Crippen molar-refractivity contribution in [3.05, 3.63) is 59.2 Å². The highest BCUT2D eigenvalue weighted by atomic mass is 16.6. The van der Waals surface area contributed by atoms with Gasteiger partial charge in [-0.3, -0.25) is 0 Å². The van der Waals surface area contributed by atoms with Gasteiger partial charge >= 0.3 is 0 Å². The third-order valence-electron chi connectivity index (χ3n) is 4.20. The van der Waals surface area contributed by atoms with E-state index in [0.717, 1.165) is 17.1 Å². The minimum atomic E-state index is 0.0677. The van der Waals surface area contributed by atoms with Crippen LogP contribution in [0, 0.1) is 0 Å². The van der Waals surface area contributed by atoms with Crippen molar-refractivity contribution in [2.75, 3.05) is 13.2 Å². The fourth-order valence-corrected chi connectivity index (χ4v) is 2.86. The van der Waals surface area contributed by atoms with Crippen molar-refractivity contribution in [3.63, 3.8) is 0 Å². The zero-order chi connectivity index (χ0) is 16.2. The molecule has 2 atom stereocenters. The van der Waals surface area contributed by atoms with E-state index in [-0.39, 0.29) is 18.7 Å². The number of hydrogen-bond acceptors (Lipinski definition) is 4. The second-order valence-electron chi connectivity index (χ2n) is 5.92. The van der Waals surface area contributed by atoms with E-state index in [1.807, 2.05) is 30.3 Å². The second-order valence-corrected chi connectivity index (χ2v) is 5.92. The molecule has 0 bridgehead atoms. The Hall–Kier alpha value is -2.04. The van der Waals surface area contributed by atoms with Crippen LogP contribution in [0.1, 0.15) is 42.6 Å². The van der Waals surface area contributed by atoms with Crippen LogP contribution in [-0.2, 0) is 6.61 Å². The van der Waals surface area contributed by atoms with Gasteiger partial charge in [0, 0.05) is 12.1 Å². The summed E-state index contributed by atoms with van der Waals surface area (Å²) >= 11 is 0. The monoisotopic (exact) mass is 313 g/mol. The van der Waals surface area contributed by atoms with E-state index in [0.29, 0.717) is 13.2 Å². The molecule has 2 unspecified atom stereocenters. The minimum Gasteiger partial charge on any atom is -0.486 e. The Morgan fingerprint density at radius 2 is 1.65 bits per heavy atom. The van der Waals surface area contributed by atoms with E-state index in [1.165, 1.54) is 11.1 Å². The molecular weight excluding hydrogens is 290 g/mol. The molecule has 0 aliphatic carbocycles. The lowest BCUT2D eigenvalue weighted by molar-refractivity contribution is 0.171. The predicted molar refractivity (Wildman–Crippen MR) is 89.8 cm³/mol. The van der Waals surface area contributed by atoms with Crippen LogP contribution in [0.2, 0.25) is 0 Å². The van der Waals surface area contributed by atoms with Crippen molar-refractivity contribution in [3.8, 4) is 11.5 Å². The molecule has 0 spiro atoms. The van der Waals surface area contributed by atoms with Gasteiger partial charge in [-0.2, -0.15) is 0 Å². The van der Waals surface area contributed by atoms with Crippen molar-refractivity contribution >= 4 is 0 Å². The van der Waals surface area contributed by atoms with E-state index in [9.17, 15) is 5.11 Å². The first-order valence-corrected chi connectivity index (χ1v) is 8.02. The SMILES string of the molecule is CC(NC(C)c1ccc2c(c1)OCCO2)c1cccc(CO)c1. The van der Waals surface area contributed by atoms with Gasteiger partial charge in [-0.25, -0.2) is 0 Å². The zero-order valence-corrected chi connectivity index (χ0v) is 13.6. The van der Waals surface area contributed by atoms with Gasteiger partial charge < -0.3 is 19.9 Å². The van der Waals surface area contributed by atoms with Gasteiger partial charge in [0.05, 0.1) is 6.61 Å². The second kappa shape index (κ2) is 7.02. The Kier molecular flexibility index (Phi) is 4.84. The minimum absolute atomic E-state index is 0.0677. The summed E-state index contributed by atoms with van der Waals surface area (Å²) in [5.74, 6) is 1.63. The summed E-state index contributed by atoms with van der Waals surface area (Å²) in [4.78, 5) is 0. The van der Waals surface area contributed by atoms with Gasteiger partial charge in [-0.05, 0) is 42.7 Å². The number of rotatable bonds is 5. The highest BCUT2D eigenvalue weighted by Crippen LogP contribution is 2.33. The van der Waals surface area contributed by atoms with E-state index >= 15 is 0 Å². The lowest BCUT2D eigenvalue weighted by atomic mass is 10.0. The molecule has 1 heterocycles. The first-order chi connectivity index (χ1) is 11.2. The topological polar surface area (TPSA) is 50.7 Å². The molecule has 0 radical (unpaired) electrons. The van der Waals surface area contributed by atoms with Crippen molar-refractivity contribution in [1.29, 1.82) is 0 Å². The van der Waals surface area contributed by atoms with Crippen molar-refractivity contribution in [1.82, 2.24) is 5.32 Å². The maximum Gasteiger partial charge on any atom is 0.161 e. The van der Waals surface area contributed by atoms with Gasteiger partial charge in [0.2, 0.25) is 0 Å². The smallest absolute Gasteiger partial charge is 0.161 e. The highest BCUT2D eigenvalue weighted by Gasteiger charge is 2.16. The van der Waals surface area contributed by atoms with E-state index in [1.54, 1.807) is 0 Å². The molecule has 1 aliphatic rings. The summed E-state index contributed by atoms with van der Waals surface area (Å²) in [6, 6.07) is 14.5. The molecule has 0 saturated carbocycles. The Labute approximate surface area is 137 Å². The van der Waals surface area contributed by atoms with E-state index in [4.69, 9.17) is 9.47 Å². The maximum absolute atomic E-state index is 9.27. The van der Waals surface area contributed by atoms with Crippen LogP contribution < -0.4 is 14.8 Å². The van der Waals surface area contributed by atoms with E-state index in [2.05, 4.69) is 31.3 Å². The van der Waals surface area contributed by atoms with Crippen molar-refractivity contribution < 1.29 is 14.6 Å². The van der Waals surface area contributed by atoms with Crippen LogP contribution in [0.4, 0.5) is 0 Å². The number of aliphatic hydroxyl groups excluding tert-OH is 1. The Morgan fingerprint density at radius 3 is 2.39 bits per heavy atom. The summed E-state index contributed by atoms with van der Waals surface area (Å²) in [5, 5.41) is 12.9. The first kappa shape index (κ1) is 15.8. The zero-order valence-electron chi connectivity index (χ0n) is 13.6. The molecule has 4 nitrogen and oxygen atoms in total. The number of benzene rings is 2. The van der Waals surface area contributed by atoms with Gasteiger partial charge in [0.1, 0.15) is 13.2 Å². The molecular formula is C19H23NO3. The third-order valence-corrected chi connectivity index (χ3v) is 4.20. The lowest BCUT2D eigenvalue weighted by Crippen LogP contribution is -2.23. The van der Waals surface area contributed by atoms with Crippen LogP contribution in [0.15, 0.2) is 42.5 Å².